The number of allylic oxidation sites excluding steroid dienone is 1. The molecule has 0 unspecified atom stereocenters. The van der Waals surface area contributed by atoms with Crippen molar-refractivity contribution >= 4 is 17.2 Å². The third-order valence-corrected chi connectivity index (χ3v) is 4.21. The average Bonchev–Trinajstić information content (AvgIpc) is 3.25. The van der Waals surface area contributed by atoms with Crippen molar-refractivity contribution in [1.29, 1.82) is 5.26 Å². The van der Waals surface area contributed by atoms with Gasteiger partial charge < -0.3 is 9.47 Å². The number of epoxide rings is 1. The van der Waals surface area contributed by atoms with Gasteiger partial charge in [-0.3, -0.25) is 0 Å². The number of halogens is 1. The van der Waals surface area contributed by atoms with Crippen molar-refractivity contribution in [2.75, 3.05) is 7.11 Å². The van der Waals surface area contributed by atoms with E-state index in [0.717, 1.165) is 16.9 Å². The Morgan fingerprint density at radius 1 is 1.22 bits per heavy atom. The Labute approximate surface area is 140 Å². The van der Waals surface area contributed by atoms with Crippen LogP contribution in [0.3, 0.4) is 0 Å². The quantitative estimate of drug-likeness (QED) is 0.600. The van der Waals surface area contributed by atoms with Gasteiger partial charge in [-0.25, -0.2) is 0 Å². The van der Waals surface area contributed by atoms with Crippen LogP contribution in [0.5, 0.6) is 5.75 Å². The molecule has 0 N–H and O–H groups in total. The molecule has 1 aliphatic rings. The lowest BCUT2D eigenvalue weighted by atomic mass is 9.96. The van der Waals surface area contributed by atoms with Crippen LogP contribution in [0.4, 0.5) is 0 Å². The van der Waals surface area contributed by atoms with Crippen LogP contribution in [0.2, 0.25) is 5.02 Å². The van der Waals surface area contributed by atoms with Gasteiger partial charge in [0.05, 0.1) is 18.8 Å². The Balaban J connectivity index is 1.83. The van der Waals surface area contributed by atoms with Gasteiger partial charge in [-0.15, -0.1) is 0 Å². The zero-order valence-corrected chi connectivity index (χ0v) is 13.7. The van der Waals surface area contributed by atoms with E-state index in [-0.39, 0.29) is 6.10 Å². The van der Waals surface area contributed by atoms with Crippen LogP contribution in [-0.4, -0.2) is 12.7 Å². The molecule has 1 fully saturated rings. The van der Waals surface area contributed by atoms with E-state index in [1.807, 2.05) is 49.4 Å². The molecule has 23 heavy (non-hydrogen) atoms. The summed E-state index contributed by atoms with van der Waals surface area (Å²) in [5.41, 5.74) is 2.01. The van der Waals surface area contributed by atoms with E-state index >= 15 is 0 Å². The molecule has 2 aromatic carbocycles. The summed E-state index contributed by atoms with van der Waals surface area (Å²) in [6.07, 6.45) is 1.83. The van der Waals surface area contributed by atoms with Crippen LogP contribution in [-0.2, 0) is 4.74 Å². The first kappa shape index (κ1) is 15.6. The van der Waals surface area contributed by atoms with Gasteiger partial charge in [0.2, 0.25) is 0 Å². The Bertz CT molecular complexity index is 775. The van der Waals surface area contributed by atoms with Gasteiger partial charge in [-0.1, -0.05) is 35.9 Å². The van der Waals surface area contributed by atoms with Crippen molar-refractivity contribution in [3.8, 4) is 11.8 Å². The molecule has 3 nitrogen and oxygen atoms in total. The van der Waals surface area contributed by atoms with E-state index in [9.17, 15) is 5.26 Å². The average molecular weight is 326 g/mol. The number of methoxy groups -OCH3 is 1. The molecule has 0 amide bonds. The number of rotatable bonds is 4. The van der Waals surface area contributed by atoms with E-state index in [0.29, 0.717) is 10.6 Å². The van der Waals surface area contributed by atoms with Crippen LogP contribution in [0.1, 0.15) is 24.2 Å². The second-order valence-corrected chi connectivity index (χ2v) is 6.07. The first-order chi connectivity index (χ1) is 11.1. The van der Waals surface area contributed by atoms with Crippen LogP contribution in [0.25, 0.3) is 5.57 Å². The molecule has 0 radical (unpaired) electrons. The Kier molecular flexibility index (Phi) is 4.12. The summed E-state index contributed by atoms with van der Waals surface area (Å²) in [6, 6.07) is 17.3. The predicted octanol–water partition coefficient (Wildman–Crippen LogP) is 4.79. The summed E-state index contributed by atoms with van der Waals surface area (Å²) in [4.78, 5) is 0. The molecule has 2 aromatic rings. The number of ether oxygens (including phenoxy) is 2. The summed E-state index contributed by atoms with van der Waals surface area (Å²) >= 11 is 5.90. The van der Waals surface area contributed by atoms with E-state index in [4.69, 9.17) is 21.1 Å². The largest absolute Gasteiger partial charge is 0.497 e. The minimum absolute atomic E-state index is 0.0518. The lowest BCUT2D eigenvalue weighted by Gasteiger charge is -2.04. The molecule has 3 rings (SSSR count). The molecule has 0 spiro atoms. The fourth-order valence-corrected chi connectivity index (χ4v) is 2.73. The third kappa shape index (κ3) is 3.24. The SMILES string of the molecule is COc1ccc([C@H]2O[C@]2(C)/C=C(\C#N)c2ccc(Cl)cc2)cc1. The van der Waals surface area contributed by atoms with Gasteiger partial charge in [0, 0.05) is 5.02 Å². The van der Waals surface area contributed by atoms with Crippen molar-refractivity contribution in [1.82, 2.24) is 0 Å². The minimum Gasteiger partial charge on any atom is -0.497 e. The summed E-state index contributed by atoms with van der Waals surface area (Å²) in [5, 5.41) is 10.1. The fourth-order valence-electron chi connectivity index (χ4n) is 2.60. The van der Waals surface area contributed by atoms with E-state index < -0.39 is 5.60 Å². The normalized spacial score (nSPS) is 23.2. The number of benzene rings is 2. The molecule has 2 atom stereocenters. The molecule has 1 saturated heterocycles. The van der Waals surface area contributed by atoms with Crippen molar-refractivity contribution in [2.24, 2.45) is 0 Å². The van der Waals surface area contributed by atoms with Crippen LogP contribution in [0.15, 0.2) is 54.6 Å². The third-order valence-electron chi connectivity index (χ3n) is 3.96. The molecule has 4 heteroatoms. The Morgan fingerprint density at radius 2 is 1.87 bits per heavy atom. The second-order valence-electron chi connectivity index (χ2n) is 5.63. The topological polar surface area (TPSA) is 45.5 Å². The standard InChI is InChI=1S/C19H16ClNO2/c1-19(11-15(12-21)13-3-7-16(20)8-4-13)18(23-19)14-5-9-17(22-2)10-6-14/h3-11,18H,1-2H3/b15-11+/t18-,19-/m1/s1. The van der Waals surface area contributed by atoms with Gasteiger partial charge in [-0.05, 0) is 48.4 Å². The number of nitrogens with zero attached hydrogens (tertiary/aromatic N) is 1. The van der Waals surface area contributed by atoms with Crippen molar-refractivity contribution in [3.05, 3.63) is 70.8 Å². The second kappa shape index (κ2) is 6.08. The predicted molar refractivity (Wildman–Crippen MR) is 90.3 cm³/mol. The maximum absolute atomic E-state index is 9.44. The fraction of sp³-hybridized carbons (Fsp3) is 0.211. The summed E-state index contributed by atoms with van der Waals surface area (Å²) in [5.74, 6) is 0.811. The highest BCUT2D eigenvalue weighted by molar-refractivity contribution is 6.30. The number of hydrogen-bond acceptors (Lipinski definition) is 3. The maximum Gasteiger partial charge on any atom is 0.118 e. The molecular formula is C19H16ClNO2. The monoisotopic (exact) mass is 325 g/mol. The summed E-state index contributed by atoms with van der Waals surface area (Å²) in [7, 11) is 1.64. The van der Waals surface area contributed by atoms with Crippen LogP contribution < -0.4 is 4.74 Å². The Hall–Kier alpha value is -2.28. The molecule has 0 aromatic heterocycles. The van der Waals surface area contributed by atoms with Gasteiger partial charge in [0.25, 0.3) is 0 Å². The smallest absolute Gasteiger partial charge is 0.118 e. The molecule has 1 aliphatic heterocycles. The summed E-state index contributed by atoms with van der Waals surface area (Å²) < 4.78 is 11.0. The first-order valence-electron chi connectivity index (χ1n) is 7.26. The van der Waals surface area contributed by atoms with Crippen molar-refractivity contribution in [3.63, 3.8) is 0 Å². The van der Waals surface area contributed by atoms with E-state index in [1.54, 1.807) is 19.2 Å². The molecule has 116 valence electrons. The summed E-state index contributed by atoms with van der Waals surface area (Å²) in [6.45, 7) is 1.98. The van der Waals surface area contributed by atoms with Crippen LogP contribution >= 0.6 is 11.6 Å². The van der Waals surface area contributed by atoms with Crippen LogP contribution in [0, 0.1) is 11.3 Å². The number of nitriles is 1. The molecule has 0 bridgehead atoms. The lowest BCUT2D eigenvalue weighted by Crippen LogP contribution is -2.03. The molecular weight excluding hydrogens is 310 g/mol. The van der Waals surface area contributed by atoms with Gasteiger partial charge in [0.1, 0.15) is 17.5 Å². The highest BCUT2D eigenvalue weighted by atomic mass is 35.5. The highest BCUT2D eigenvalue weighted by Crippen LogP contribution is 2.51. The zero-order chi connectivity index (χ0) is 16.4. The van der Waals surface area contributed by atoms with Crippen molar-refractivity contribution < 1.29 is 9.47 Å². The highest BCUT2D eigenvalue weighted by Gasteiger charge is 2.51. The van der Waals surface area contributed by atoms with E-state index in [1.165, 1.54) is 0 Å². The van der Waals surface area contributed by atoms with Gasteiger partial charge in [0.15, 0.2) is 0 Å². The first-order valence-corrected chi connectivity index (χ1v) is 7.64. The molecule has 0 aliphatic carbocycles. The molecule has 1 heterocycles. The minimum atomic E-state index is -0.473. The molecule has 0 saturated carbocycles. The van der Waals surface area contributed by atoms with Gasteiger partial charge >= 0.3 is 0 Å². The van der Waals surface area contributed by atoms with Gasteiger partial charge in [-0.2, -0.15) is 5.26 Å². The maximum atomic E-state index is 9.44. The van der Waals surface area contributed by atoms with E-state index in [2.05, 4.69) is 6.07 Å². The number of hydrogen-bond donors (Lipinski definition) is 0. The lowest BCUT2D eigenvalue weighted by molar-refractivity contribution is 0.345. The van der Waals surface area contributed by atoms with Crippen molar-refractivity contribution in [2.45, 2.75) is 18.6 Å². The Morgan fingerprint density at radius 3 is 2.43 bits per heavy atom. The zero-order valence-electron chi connectivity index (χ0n) is 12.9.